The van der Waals surface area contributed by atoms with E-state index in [1.807, 2.05) is 43.5 Å². The standard InChI is InChI=1S/C26H29FN2O5.3H2/c1-25(2,3)23-9-15-8-19(18(27)11-20(15)29(23)12-17(31)13-30)28-24(32)26(6-7-26)16-4-5-21-22(10-16)34-14-33-21;;;/h4-5,8-11,17,30-31H,6-7,12-14H2,1-3H3,(H,28,32);3*1H/t17-;;;/m0.../s1. The number of nitrogens with one attached hydrogen (secondary N) is 1. The van der Waals surface area contributed by atoms with Crippen LogP contribution in [0.3, 0.4) is 0 Å². The zero-order valence-electron chi connectivity index (χ0n) is 19.5. The topological polar surface area (TPSA) is 93.0 Å². The lowest BCUT2D eigenvalue weighted by Crippen LogP contribution is -2.28. The Balaban J connectivity index is 0.00000160. The average molecular weight is 475 g/mol. The second-order valence-electron chi connectivity index (χ2n) is 10.2. The van der Waals surface area contributed by atoms with Gasteiger partial charge in [-0.05, 0) is 42.7 Å². The van der Waals surface area contributed by atoms with Crippen LogP contribution in [0, 0.1) is 5.82 Å². The highest BCUT2D eigenvalue weighted by Crippen LogP contribution is 2.51. The van der Waals surface area contributed by atoms with Crippen molar-refractivity contribution in [3.05, 3.63) is 53.5 Å². The maximum Gasteiger partial charge on any atom is 0.235 e. The van der Waals surface area contributed by atoms with Gasteiger partial charge in [-0.3, -0.25) is 4.79 Å². The summed E-state index contributed by atoms with van der Waals surface area (Å²) in [6.07, 6.45) is 0.383. The first kappa shape index (κ1) is 22.7. The second kappa shape index (κ2) is 7.99. The lowest BCUT2D eigenvalue weighted by atomic mass is 9.92. The molecule has 1 aliphatic carbocycles. The molecule has 2 aromatic carbocycles. The molecule has 0 bridgehead atoms. The third kappa shape index (κ3) is 3.80. The van der Waals surface area contributed by atoms with E-state index >= 15 is 4.39 Å². The molecule has 1 fully saturated rings. The number of benzene rings is 2. The summed E-state index contributed by atoms with van der Waals surface area (Å²) in [6, 6.07) is 10.5. The molecule has 1 saturated carbocycles. The largest absolute Gasteiger partial charge is 0.454 e. The Morgan fingerprint density at radius 1 is 1.21 bits per heavy atom. The van der Waals surface area contributed by atoms with Gasteiger partial charge in [-0.15, -0.1) is 0 Å². The summed E-state index contributed by atoms with van der Waals surface area (Å²) in [6.45, 7) is 6.01. The van der Waals surface area contributed by atoms with Crippen LogP contribution in [0.1, 0.15) is 49.2 Å². The molecule has 5 rings (SSSR count). The minimum atomic E-state index is -0.962. The summed E-state index contributed by atoms with van der Waals surface area (Å²) in [4.78, 5) is 13.3. The van der Waals surface area contributed by atoms with Crippen LogP contribution in [0.25, 0.3) is 10.9 Å². The van der Waals surface area contributed by atoms with E-state index in [-0.39, 0.29) is 41.2 Å². The van der Waals surface area contributed by atoms with E-state index in [1.54, 1.807) is 12.1 Å². The summed E-state index contributed by atoms with van der Waals surface area (Å²) in [5, 5.41) is 22.9. The minimum Gasteiger partial charge on any atom is -0.454 e. The average Bonchev–Trinajstić information content (AvgIpc) is 3.35. The van der Waals surface area contributed by atoms with Crippen LogP contribution in [-0.2, 0) is 22.2 Å². The van der Waals surface area contributed by atoms with E-state index in [4.69, 9.17) is 9.47 Å². The Labute approximate surface area is 201 Å². The first-order valence-electron chi connectivity index (χ1n) is 11.5. The van der Waals surface area contributed by atoms with Gasteiger partial charge in [-0.2, -0.15) is 0 Å². The fourth-order valence-electron chi connectivity index (χ4n) is 4.67. The zero-order valence-corrected chi connectivity index (χ0v) is 19.5. The number of aliphatic hydroxyl groups is 2. The van der Waals surface area contributed by atoms with Crippen molar-refractivity contribution in [3.63, 3.8) is 0 Å². The normalized spacial score (nSPS) is 17.1. The third-order valence-corrected chi connectivity index (χ3v) is 6.72. The second-order valence-corrected chi connectivity index (χ2v) is 10.2. The number of ether oxygens (including phenoxy) is 2. The summed E-state index contributed by atoms with van der Waals surface area (Å²) < 4.78 is 27.8. The summed E-state index contributed by atoms with van der Waals surface area (Å²) >= 11 is 0. The van der Waals surface area contributed by atoms with Crippen LogP contribution in [-0.4, -0.2) is 40.2 Å². The molecule has 1 amide bonds. The molecule has 1 aromatic heterocycles. The van der Waals surface area contributed by atoms with Crippen LogP contribution in [0.4, 0.5) is 10.1 Å². The van der Waals surface area contributed by atoms with Crippen molar-refractivity contribution < 1.29 is 33.2 Å². The number of halogens is 1. The molecule has 0 saturated heterocycles. The van der Waals surface area contributed by atoms with E-state index in [2.05, 4.69) is 5.32 Å². The lowest BCUT2D eigenvalue weighted by molar-refractivity contribution is -0.118. The monoisotopic (exact) mass is 474 g/mol. The van der Waals surface area contributed by atoms with Gasteiger partial charge in [0.25, 0.3) is 0 Å². The molecule has 7 nitrogen and oxygen atoms in total. The van der Waals surface area contributed by atoms with Crippen molar-refractivity contribution in [1.82, 2.24) is 4.57 Å². The van der Waals surface area contributed by atoms with Crippen molar-refractivity contribution in [2.75, 3.05) is 18.7 Å². The molecule has 8 heteroatoms. The van der Waals surface area contributed by atoms with E-state index < -0.39 is 17.3 Å². The molecule has 3 N–H and O–H groups in total. The third-order valence-electron chi connectivity index (χ3n) is 6.72. The number of hydrogen-bond acceptors (Lipinski definition) is 5. The highest BCUT2D eigenvalue weighted by atomic mass is 19.1. The molecule has 1 aliphatic heterocycles. The van der Waals surface area contributed by atoms with E-state index in [1.165, 1.54) is 6.07 Å². The molecule has 0 spiro atoms. The maximum absolute atomic E-state index is 15.2. The van der Waals surface area contributed by atoms with E-state index in [0.29, 0.717) is 29.9 Å². The summed E-state index contributed by atoms with van der Waals surface area (Å²) in [7, 11) is 0. The first-order valence-corrected chi connectivity index (χ1v) is 11.5. The first-order chi connectivity index (χ1) is 16.1. The molecule has 2 heterocycles. The van der Waals surface area contributed by atoms with Crippen LogP contribution in [0.2, 0.25) is 0 Å². The Kier molecular flexibility index (Phi) is 5.33. The predicted molar refractivity (Wildman–Crippen MR) is 132 cm³/mol. The Bertz CT molecular complexity index is 1290. The molecule has 0 unspecified atom stereocenters. The molecule has 3 aromatic rings. The number of hydrogen-bond donors (Lipinski definition) is 3. The maximum atomic E-state index is 15.2. The van der Waals surface area contributed by atoms with Gasteiger partial charge in [-0.25, -0.2) is 4.39 Å². The minimum absolute atomic E-state index is 0. The van der Waals surface area contributed by atoms with Crippen LogP contribution in [0.15, 0.2) is 36.4 Å². The zero-order chi connectivity index (χ0) is 24.3. The number of amides is 1. The van der Waals surface area contributed by atoms with Crippen molar-refractivity contribution in [2.24, 2.45) is 0 Å². The molecule has 2 aliphatic rings. The number of rotatable bonds is 6. The Morgan fingerprint density at radius 3 is 2.62 bits per heavy atom. The van der Waals surface area contributed by atoms with E-state index in [9.17, 15) is 15.0 Å². The summed E-state index contributed by atoms with van der Waals surface area (Å²) in [5.74, 6) is 0.462. The smallest absolute Gasteiger partial charge is 0.235 e. The molecular formula is C26H35FN2O5. The number of carbonyl (C=O) groups is 1. The molecule has 34 heavy (non-hydrogen) atoms. The Hall–Kier alpha value is -3.10. The van der Waals surface area contributed by atoms with Gasteiger partial charge < -0.3 is 29.6 Å². The number of fused-ring (bicyclic) bond motifs is 2. The number of aliphatic hydroxyl groups excluding tert-OH is 2. The van der Waals surface area contributed by atoms with Gasteiger partial charge in [0.1, 0.15) is 5.82 Å². The molecule has 186 valence electrons. The van der Waals surface area contributed by atoms with Crippen LogP contribution in [0.5, 0.6) is 11.5 Å². The fourth-order valence-corrected chi connectivity index (χ4v) is 4.67. The fraction of sp³-hybridized carbons (Fsp3) is 0.423. The van der Waals surface area contributed by atoms with Gasteiger partial charge in [0, 0.05) is 26.8 Å². The van der Waals surface area contributed by atoms with Crippen LogP contribution < -0.4 is 14.8 Å². The van der Waals surface area contributed by atoms with Crippen molar-refractivity contribution in [3.8, 4) is 11.5 Å². The summed E-state index contributed by atoms with van der Waals surface area (Å²) in [5.41, 5.74) is 1.46. The molecular weight excluding hydrogens is 439 g/mol. The predicted octanol–water partition coefficient (Wildman–Crippen LogP) is 4.57. The van der Waals surface area contributed by atoms with Gasteiger partial charge >= 0.3 is 0 Å². The van der Waals surface area contributed by atoms with Gasteiger partial charge in [0.05, 0.1) is 35.9 Å². The number of anilines is 1. The van der Waals surface area contributed by atoms with Crippen molar-refractivity contribution in [1.29, 1.82) is 0 Å². The van der Waals surface area contributed by atoms with Crippen molar-refractivity contribution >= 4 is 22.5 Å². The number of carbonyl (C=O) groups excluding carboxylic acids is 1. The Morgan fingerprint density at radius 2 is 1.94 bits per heavy atom. The van der Waals surface area contributed by atoms with E-state index in [0.717, 1.165) is 16.6 Å². The van der Waals surface area contributed by atoms with Gasteiger partial charge in [0.15, 0.2) is 11.5 Å². The van der Waals surface area contributed by atoms with Gasteiger partial charge in [0.2, 0.25) is 12.7 Å². The number of aromatic nitrogens is 1. The molecule has 1 atom stereocenters. The quantitative estimate of drug-likeness (QED) is 0.487. The highest BCUT2D eigenvalue weighted by Gasteiger charge is 2.52. The lowest BCUT2D eigenvalue weighted by Gasteiger charge is -2.23. The highest BCUT2D eigenvalue weighted by molar-refractivity contribution is 6.02. The molecule has 0 radical (unpaired) electrons. The SMILES string of the molecule is CC(C)(C)c1cc2cc(NC(=O)C3(c4ccc5c(c4)OCO5)CC3)c(F)cc2n1C[C@H](O)CO.[HH].[HH].[HH]. The van der Waals surface area contributed by atoms with Crippen molar-refractivity contribution in [2.45, 2.75) is 57.1 Å². The van der Waals surface area contributed by atoms with Gasteiger partial charge in [-0.1, -0.05) is 26.8 Å². The number of nitrogens with zero attached hydrogens (tertiary/aromatic N) is 1. The van der Waals surface area contributed by atoms with Crippen LogP contribution >= 0.6 is 0 Å².